The van der Waals surface area contributed by atoms with Crippen LogP contribution in [0.1, 0.15) is 23.1 Å². The predicted molar refractivity (Wildman–Crippen MR) is 101 cm³/mol. The Labute approximate surface area is 157 Å². The Morgan fingerprint density at radius 3 is 2.44 bits per heavy atom. The molecule has 0 saturated carbocycles. The van der Waals surface area contributed by atoms with Crippen molar-refractivity contribution in [3.05, 3.63) is 64.6 Å². The average molecular weight is 369 g/mol. The molecular formula is C21H20FNO4. The van der Waals surface area contributed by atoms with E-state index in [0.29, 0.717) is 35.8 Å². The second-order valence-electron chi connectivity index (χ2n) is 6.11. The highest BCUT2D eigenvalue weighted by Gasteiger charge is 2.23. The van der Waals surface area contributed by atoms with Crippen molar-refractivity contribution in [1.29, 1.82) is 0 Å². The molecule has 0 aromatic heterocycles. The van der Waals surface area contributed by atoms with Gasteiger partial charge in [-0.25, -0.2) is 14.2 Å². The summed E-state index contributed by atoms with van der Waals surface area (Å²) in [6.07, 6.45) is 2.67. The molecule has 0 atom stereocenters. The van der Waals surface area contributed by atoms with E-state index in [2.05, 4.69) is 4.99 Å². The van der Waals surface area contributed by atoms with E-state index in [4.69, 9.17) is 14.2 Å². The van der Waals surface area contributed by atoms with E-state index in [9.17, 15) is 9.18 Å². The van der Waals surface area contributed by atoms with Crippen LogP contribution in [-0.2, 0) is 16.0 Å². The normalized spacial score (nSPS) is 14.9. The van der Waals surface area contributed by atoms with Crippen molar-refractivity contribution in [1.82, 2.24) is 0 Å². The van der Waals surface area contributed by atoms with Crippen molar-refractivity contribution in [2.24, 2.45) is 4.99 Å². The number of benzene rings is 2. The Bertz CT molecular complexity index is 917. The first-order chi connectivity index (χ1) is 13.0. The zero-order chi connectivity index (χ0) is 19.4. The first kappa shape index (κ1) is 18.6. The number of nitrogens with zero attached hydrogens (tertiary/aromatic N) is 1. The van der Waals surface area contributed by atoms with Gasteiger partial charge in [0.15, 0.2) is 11.6 Å². The Balaban J connectivity index is 1.80. The molecule has 0 N–H and O–H groups in total. The molecule has 0 spiro atoms. The van der Waals surface area contributed by atoms with Gasteiger partial charge in [-0.2, -0.15) is 0 Å². The number of hydrogen-bond acceptors (Lipinski definition) is 5. The Morgan fingerprint density at radius 1 is 1.07 bits per heavy atom. The van der Waals surface area contributed by atoms with Gasteiger partial charge in [-0.1, -0.05) is 12.1 Å². The lowest BCUT2D eigenvalue weighted by molar-refractivity contribution is -0.130. The van der Waals surface area contributed by atoms with Crippen LogP contribution in [-0.4, -0.2) is 26.1 Å². The standard InChI is InChI=1S/C21H20FNO4/c1-13-10-19(26-3)15(12-18(13)25-2)11-17-21(24)27-20(23-17)9-6-14-4-7-16(22)8-5-14/h4-5,7-8,10-12H,6,9H2,1-3H3/b17-11+. The summed E-state index contributed by atoms with van der Waals surface area (Å²) >= 11 is 0. The molecule has 0 fully saturated rings. The topological polar surface area (TPSA) is 57.1 Å². The van der Waals surface area contributed by atoms with E-state index in [1.165, 1.54) is 12.1 Å². The van der Waals surface area contributed by atoms with Crippen LogP contribution in [0.15, 0.2) is 47.1 Å². The summed E-state index contributed by atoms with van der Waals surface area (Å²) in [6, 6.07) is 9.84. The van der Waals surface area contributed by atoms with Crippen LogP contribution in [0.25, 0.3) is 6.08 Å². The highest BCUT2D eigenvalue weighted by atomic mass is 19.1. The van der Waals surface area contributed by atoms with E-state index in [-0.39, 0.29) is 11.5 Å². The van der Waals surface area contributed by atoms with Gasteiger partial charge in [0, 0.05) is 12.0 Å². The van der Waals surface area contributed by atoms with E-state index in [1.54, 1.807) is 38.5 Å². The van der Waals surface area contributed by atoms with Crippen LogP contribution in [0.3, 0.4) is 0 Å². The summed E-state index contributed by atoms with van der Waals surface area (Å²) in [5, 5.41) is 0. The fraction of sp³-hybridized carbons (Fsp3) is 0.238. The lowest BCUT2D eigenvalue weighted by atomic mass is 10.1. The first-order valence-corrected chi connectivity index (χ1v) is 8.48. The van der Waals surface area contributed by atoms with E-state index < -0.39 is 5.97 Å². The molecule has 2 aromatic carbocycles. The minimum atomic E-state index is -0.509. The van der Waals surface area contributed by atoms with Crippen LogP contribution < -0.4 is 9.47 Å². The van der Waals surface area contributed by atoms with Crippen molar-refractivity contribution >= 4 is 17.9 Å². The number of ether oxygens (including phenoxy) is 3. The summed E-state index contributed by atoms with van der Waals surface area (Å²) in [5.41, 5.74) is 2.75. The summed E-state index contributed by atoms with van der Waals surface area (Å²) in [4.78, 5) is 16.4. The minimum absolute atomic E-state index is 0.202. The molecule has 0 amide bonds. The number of hydrogen-bond donors (Lipinski definition) is 0. The van der Waals surface area contributed by atoms with Gasteiger partial charge in [0.25, 0.3) is 0 Å². The molecular weight excluding hydrogens is 349 g/mol. The molecule has 6 heteroatoms. The number of methoxy groups -OCH3 is 2. The first-order valence-electron chi connectivity index (χ1n) is 8.48. The van der Waals surface area contributed by atoms with Crippen molar-refractivity contribution in [2.45, 2.75) is 19.8 Å². The van der Waals surface area contributed by atoms with Gasteiger partial charge >= 0.3 is 5.97 Å². The van der Waals surface area contributed by atoms with Crippen LogP contribution in [0.2, 0.25) is 0 Å². The number of esters is 1. The highest BCUT2D eigenvalue weighted by Crippen LogP contribution is 2.31. The molecule has 140 valence electrons. The number of carbonyl (C=O) groups excluding carboxylic acids is 1. The molecule has 27 heavy (non-hydrogen) atoms. The quantitative estimate of drug-likeness (QED) is 0.569. The summed E-state index contributed by atoms with van der Waals surface area (Å²) in [6.45, 7) is 1.91. The smallest absolute Gasteiger partial charge is 0.363 e. The maximum atomic E-state index is 13.0. The fourth-order valence-electron chi connectivity index (χ4n) is 2.80. The van der Waals surface area contributed by atoms with E-state index >= 15 is 0 Å². The van der Waals surface area contributed by atoms with Crippen molar-refractivity contribution in [2.75, 3.05) is 14.2 Å². The second kappa shape index (κ2) is 8.03. The Kier molecular flexibility index (Phi) is 5.54. The monoisotopic (exact) mass is 369 g/mol. The molecule has 5 nitrogen and oxygen atoms in total. The molecule has 0 unspecified atom stereocenters. The van der Waals surface area contributed by atoms with Crippen molar-refractivity contribution < 1.29 is 23.4 Å². The predicted octanol–water partition coefficient (Wildman–Crippen LogP) is 4.08. The lowest BCUT2D eigenvalue weighted by Gasteiger charge is -2.10. The SMILES string of the molecule is COc1cc(/C=C2/N=C(CCc3ccc(F)cc3)OC2=O)c(OC)cc1C. The third-order valence-electron chi connectivity index (χ3n) is 4.25. The van der Waals surface area contributed by atoms with Crippen LogP contribution in [0, 0.1) is 12.7 Å². The zero-order valence-electron chi connectivity index (χ0n) is 15.4. The number of cyclic esters (lactones) is 1. The van der Waals surface area contributed by atoms with E-state index in [1.807, 2.05) is 13.0 Å². The van der Waals surface area contributed by atoms with E-state index in [0.717, 1.165) is 11.1 Å². The number of rotatable bonds is 6. The highest BCUT2D eigenvalue weighted by molar-refractivity contribution is 6.07. The zero-order valence-corrected chi connectivity index (χ0v) is 15.4. The van der Waals surface area contributed by atoms with Gasteiger partial charge in [0.2, 0.25) is 0 Å². The third kappa shape index (κ3) is 4.34. The molecule has 0 bridgehead atoms. The molecule has 3 rings (SSSR count). The second-order valence-corrected chi connectivity index (χ2v) is 6.11. The summed E-state index contributed by atoms with van der Waals surface area (Å²) in [7, 11) is 3.15. The minimum Gasteiger partial charge on any atom is -0.496 e. The van der Waals surface area contributed by atoms with Crippen molar-refractivity contribution in [3.8, 4) is 11.5 Å². The van der Waals surface area contributed by atoms with Crippen molar-refractivity contribution in [3.63, 3.8) is 0 Å². The third-order valence-corrected chi connectivity index (χ3v) is 4.25. The Morgan fingerprint density at radius 2 is 1.78 bits per heavy atom. The molecule has 1 aliphatic rings. The largest absolute Gasteiger partial charge is 0.496 e. The van der Waals surface area contributed by atoms with Crippen LogP contribution in [0.5, 0.6) is 11.5 Å². The van der Waals surface area contributed by atoms with Crippen LogP contribution >= 0.6 is 0 Å². The molecule has 2 aromatic rings. The van der Waals surface area contributed by atoms with Gasteiger partial charge in [-0.3, -0.25) is 0 Å². The number of aliphatic imine (C=N–C) groups is 1. The van der Waals surface area contributed by atoms with Gasteiger partial charge in [0.1, 0.15) is 17.3 Å². The van der Waals surface area contributed by atoms with Gasteiger partial charge in [-0.15, -0.1) is 0 Å². The maximum Gasteiger partial charge on any atom is 0.363 e. The lowest BCUT2D eigenvalue weighted by Crippen LogP contribution is -2.05. The molecule has 0 saturated heterocycles. The number of aryl methyl sites for hydroxylation is 2. The van der Waals surface area contributed by atoms with Gasteiger partial charge in [0.05, 0.1) is 14.2 Å². The average Bonchev–Trinajstić information content (AvgIpc) is 3.01. The number of halogens is 1. The fourth-order valence-corrected chi connectivity index (χ4v) is 2.80. The summed E-state index contributed by atoms with van der Waals surface area (Å²) in [5.74, 6) is 0.855. The maximum absolute atomic E-state index is 13.0. The Hall–Kier alpha value is -3.15. The molecule has 1 heterocycles. The summed E-state index contributed by atoms with van der Waals surface area (Å²) < 4.78 is 28.9. The van der Waals surface area contributed by atoms with Crippen LogP contribution in [0.4, 0.5) is 4.39 Å². The molecule has 0 aliphatic carbocycles. The molecule has 0 radical (unpaired) electrons. The molecule has 1 aliphatic heterocycles. The van der Waals surface area contributed by atoms with Gasteiger partial charge in [-0.05, 0) is 54.8 Å². The number of carbonyl (C=O) groups is 1. The van der Waals surface area contributed by atoms with Gasteiger partial charge < -0.3 is 14.2 Å².